The number of aryl methyl sites for hydroxylation is 4. The predicted molar refractivity (Wildman–Crippen MR) is 155 cm³/mol. The molecule has 202 valence electrons. The molecule has 0 heterocycles. The first-order valence-corrected chi connectivity index (χ1v) is 13.3. The van der Waals surface area contributed by atoms with E-state index in [1.54, 1.807) is 24.3 Å². The minimum absolute atomic E-state index is 0.276. The van der Waals surface area contributed by atoms with Crippen LogP contribution in [0.1, 0.15) is 56.8 Å². The first-order valence-electron chi connectivity index (χ1n) is 13.3. The molecule has 3 aromatic rings. The van der Waals surface area contributed by atoms with Gasteiger partial charge in [0.25, 0.3) is 0 Å². The molecule has 0 unspecified atom stereocenters. The first kappa shape index (κ1) is 28.8. The molecule has 6 nitrogen and oxygen atoms in total. The molecule has 0 aliphatic rings. The van der Waals surface area contributed by atoms with Crippen LogP contribution in [-0.2, 0) is 9.47 Å². The van der Waals surface area contributed by atoms with Gasteiger partial charge in [0.15, 0.2) is 0 Å². The maximum atomic E-state index is 12.5. The summed E-state index contributed by atoms with van der Waals surface area (Å²) in [6.07, 6.45) is 0. The van der Waals surface area contributed by atoms with Crippen molar-refractivity contribution in [1.29, 1.82) is 0 Å². The molecule has 0 aliphatic heterocycles. The number of carbonyl (C=O) groups excluding carboxylic acids is 2. The highest BCUT2D eigenvalue weighted by molar-refractivity contribution is 5.93. The predicted octanol–water partition coefficient (Wildman–Crippen LogP) is 6.29. The third kappa shape index (κ3) is 7.60. The zero-order valence-corrected chi connectivity index (χ0v) is 23.5. The standard InChI is InChI=1S/C32H40N2O4/c1-7-33(29-15-9-23(3)25(5)21-29)17-19-37-31(35)27-11-13-28(14-12-27)32(36)38-20-18-34(8-2)30-16-10-24(4)26(6)22-30/h9-16,21-22H,7-8,17-20H2,1-6H3. The summed E-state index contributed by atoms with van der Waals surface area (Å²) in [6.45, 7) is 15.9. The second-order valence-corrected chi connectivity index (χ2v) is 9.55. The summed E-state index contributed by atoms with van der Waals surface area (Å²) in [7, 11) is 0. The fraction of sp³-hybridized carbons (Fsp3) is 0.375. The van der Waals surface area contributed by atoms with Crippen LogP contribution in [0.15, 0.2) is 60.7 Å². The van der Waals surface area contributed by atoms with E-state index < -0.39 is 11.9 Å². The molecule has 0 N–H and O–H groups in total. The van der Waals surface area contributed by atoms with Gasteiger partial charge in [-0.1, -0.05) is 12.1 Å². The summed E-state index contributed by atoms with van der Waals surface area (Å²) in [5.74, 6) is -0.818. The topological polar surface area (TPSA) is 59.1 Å². The van der Waals surface area contributed by atoms with Crippen molar-refractivity contribution in [2.75, 3.05) is 49.2 Å². The number of anilines is 2. The van der Waals surface area contributed by atoms with E-state index in [0.717, 1.165) is 24.5 Å². The Kier molecular flexibility index (Phi) is 10.3. The molecule has 0 radical (unpaired) electrons. The van der Waals surface area contributed by atoms with Crippen LogP contribution in [0.4, 0.5) is 11.4 Å². The van der Waals surface area contributed by atoms with Crippen LogP contribution in [0.25, 0.3) is 0 Å². The molecule has 38 heavy (non-hydrogen) atoms. The summed E-state index contributed by atoms with van der Waals surface area (Å²) in [5, 5.41) is 0. The van der Waals surface area contributed by atoms with Crippen molar-refractivity contribution < 1.29 is 19.1 Å². The van der Waals surface area contributed by atoms with Gasteiger partial charge in [0.2, 0.25) is 0 Å². The number of esters is 2. The first-order chi connectivity index (χ1) is 18.2. The van der Waals surface area contributed by atoms with E-state index in [1.807, 2.05) is 0 Å². The van der Waals surface area contributed by atoms with Gasteiger partial charge < -0.3 is 19.3 Å². The number of ether oxygens (including phenoxy) is 2. The zero-order valence-electron chi connectivity index (χ0n) is 23.5. The average Bonchev–Trinajstić information content (AvgIpc) is 2.92. The Morgan fingerprint density at radius 3 is 1.26 bits per heavy atom. The molecule has 3 rings (SSSR count). The van der Waals surface area contributed by atoms with Crippen molar-refractivity contribution in [2.45, 2.75) is 41.5 Å². The lowest BCUT2D eigenvalue weighted by Crippen LogP contribution is -2.28. The van der Waals surface area contributed by atoms with Gasteiger partial charge in [0.05, 0.1) is 24.2 Å². The zero-order chi connectivity index (χ0) is 27.7. The summed E-state index contributed by atoms with van der Waals surface area (Å²) >= 11 is 0. The summed E-state index contributed by atoms with van der Waals surface area (Å²) < 4.78 is 11.0. The maximum Gasteiger partial charge on any atom is 0.338 e. The fourth-order valence-corrected chi connectivity index (χ4v) is 4.19. The maximum absolute atomic E-state index is 12.5. The minimum Gasteiger partial charge on any atom is -0.460 e. The molecule has 0 spiro atoms. The Bertz CT molecular complexity index is 1140. The molecule has 6 heteroatoms. The number of hydrogen-bond donors (Lipinski definition) is 0. The Labute approximate surface area is 227 Å². The average molecular weight is 517 g/mol. The quantitative estimate of drug-likeness (QED) is 0.264. The van der Waals surface area contributed by atoms with Gasteiger partial charge in [0, 0.05) is 24.5 Å². The molecular weight excluding hydrogens is 476 g/mol. The Balaban J connectivity index is 1.47. The van der Waals surface area contributed by atoms with Gasteiger partial charge in [0.1, 0.15) is 13.2 Å². The van der Waals surface area contributed by atoms with Gasteiger partial charge in [-0.15, -0.1) is 0 Å². The molecule has 0 atom stereocenters. The van der Waals surface area contributed by atoms with Crippen LogP contribution < -0.4 is 9.80 Å². The van der Waals surface area contributed by atoms with Crippen LogP contribution in [0.5, 0.6) is 0 Å². The largest absolute Gasteiger partial charge is 0.460 e. The highest BCUT2D eigenvalue weighted by Crippen LogP contribution is 2.20. The normalized spacial score (nSPS) is 10.7. The van der Waals surface area contributed by atoms with E-state index in [4.69, 9.17) is 9.47 Å². The van der Waals surface area contributed by atoms with Crippen LogP contribution in [0.2, 0.25) is 0 Å². The number of likely N-dealkylation sites (N-methyl/N-ethyl adjacent to an activating group) is 2. The number of carbonyl (C=O) groups is 2. The second-order valence-electron chi connectivity index (χ2n) is 9.55. The number of rotatable bonds is 12. The van der Waals surface area contributed by atoms with Crippen LogP contribution in [0, 0.1) is 27.7 Å². The third-order valence-electron chi connectivity index (χ3n) is 7.02. The van der Waals surface area contributed by atoms with Gasteiger partial charge in [-0.25, -0.2) is 9.59 Å². The van der Waals surface area contributed by atoms with Gasteiger partial charge in [-0.2, -0.15) is 0 Å². The van der Waals surface area contributed by atoms with Crippen molar-refractivity contribution in [3.63, 3.8) is 0 Å². The molecule has 0 aliphatic carbocycles. The Morgan fingerprint density at radius 1 is 0.579 bits per heavy atom. The highest BCUT2D eigenvalue weighted by atomic mass is 16.5. The van der Waals surface area contributed by atoms with Crippen molar-refractivity contribution in [3.05, 3.63) is 94.0 Å². The number of benzene rings is 3. The lowest BCUT2D eigenvalue weighted by atomic mass is 10.1. The summed E-state index contributed by atoms with van der Waals surface area (Å²) in [6, 6.07) is 19.1. The number of hydrogen-bond acceptors (Lipinski definition) is 6. The van der Waals surface area contributed by atoms with Crippen molar-refractivity contribution in [3.8, 4) is 0 Å². The summed E-state index contributed by atoms with van der Waals surface area (Å²) in [5.41, 5.74) is 8.02. The molecule has 0 aromatic heterocycles. The second kappa shape index (κ2) is 13.7. The van der Waals surface area contributed by atoms with Crippen molar-refractivity contribution in [2.24, 2.45) is 0 Å². The molecule has 0 saturated carbocycles. The van der Waals surface area contributed by atoms with Crippen LogP contribution in [-0.4, -0.2) is 51.3 Å². The van der Waals surface area contributed by atoms with Gasteiger partial charge >= 0.3 is 11.9 Å². The molecule has 0 fully saturated rings. The van der Waals surface area contributed by atoms with Crippen LogP contribution >= 0.6 is 0 Å². The lowest BCUT2D eigenvalue weighted by molar-refractivity contribution is 0.0500. The van der Waals surface area contributed by atoms with Gasteiger partial charge in [-0.05, 0) is 112 Å². The van der Waals surface area contributed by atoms with E-state index >= 15 is 0 Å². The van der Waals surface area contributed by atoms with E-state index in [1.165, 1.54) is 22.3 Å². The summed E-state index contributed by atoms with van der Waals surface area (Å²) in [4.78, 5) is 29.4. The molecular formula is C32H40N2O4. The monoisotopic (exact) mass is 516 g/mol. The smallest absolute Gasteiger partial charge is 0.338 e. The molecule has 0 saturated heterocycles. The molecule has 0 bridgehead atoms. The van der Waals surface area contributed by atoms with E-state index in [0.29, 0.717) is 24.2 Å². The SMILES string of the molecule is CCN(CCOC(=O)c1ccc(C(=O)OCCN(CC)c2ccc(C)c(C)c2)cc1)c1ccc(C)c(C)c1. The third-order valence-corrected chi connectivity index (χ3v) is 7.02. The molecule has 0 amide bonds. The van der Waals surface area contributed by atoms with Crippen molar-refractivity contribution in [1.82, 2.24) is 0 Å². The minimum atomic E-state index is -0.409. The fourth-order valence-electron chi connectivity index (χ4n) is 4.19. The number of nitrogens with zero attached hydrogens (tertiary/aromatic N) is 2. The van der Waals surface area contributed by atoms with E-state index in [-0.39, 0.29) is 13.2 Å². The Hall–Kier alpha value is -3.80. The highest BCUT2D eigenvalue weighted by Gasteiger charge is 2.13. The van der Waals surface area contributed by atoms with Crippen LogP contribution in [0.3, 0.4) is 0 Å². The Morgan fingerprint density at radius 2 is 0.947 bits per heavy atom. The van der Waals surface area contributed by atoms with Crippen molar-refractivity contribution >= 4 is 23.3 Å². The van der Waals surface area contributed by atoms with Gasteiger partial charge in [-0.3, -0.25) is 0 Å². The molecule has 3 aromatic carbocycles. The van der Waals surface area contributed by atoms with E-state index in [9.17, 15) is 9.59 Å². The lowest BCUT2D eigenvalue weighted by Gasteiger charge is -2.24. The van der Waals surface area contributed by atoms with E-state index in [2.05, 4.69) is 87.7 Å².